The van der Waals surface area contributed by atoms with E-state index >= 15 is 0 Å². The first-order chi connectivity index (χ1) is 18.6. The predicted molar refractivity (Wildman–Crippen MR) is 152 cm³/mol. The van der Waals surface area contributed by atoms with E-state index in [0.717, 1.165) is 44.8 Å². The van der Waals surface area contributed by atoms with Gasteiger partial charge in [-0.3, -0.25) is 9.78 Å². The van der Waals surface area contributed by atoms with Crippen LogP contribution in [0.5, 0.6) is 11.5 Å². The van der Waals surface area contributed by atoms with Crippen molar-refractivity contribution in [3.63, 3.8) is 0 Å². The number of benzene rings is 3. The molecule has 0 unspecified atom stereocenters. The molecule has 0 radical (unpaired) electrons. The molecule has 6 rings (SSSR count). The highest BCUT2D eigenvalue weighted by Gasteiger charge is 2.18. The number of hydrogen-bond acceptors (Lipinski definition) is 7. The van der Waals surface area contributed by atoms with E-state index in [0.29, 0.717) is 28.0 Å². The van der Waals surface area contributed by atoms with Gasteiger partial charge in [-0.1, -0.05) is 42.5 Å². The molecule has 3 aromatic carbocycles. The minimum Gasteiger partial charge on any atom is -0.457 e. The Morgan fingerprint density at radius 2 is 1.71 bits per heavy atom. The molecule has 7 nitrogen and oxygen atoms in total. The van der Waals surface area contributed by atoms with Crippen molar-refractivity contribution in [3.8, 4) is 11.5 Å². The van der Waals surface area contributed by atoms with Gasteiger partial charge in [0.05, 0.1) is 27.2 Å². The summed E-state index contributed by atoms with van der Waals surface area (Å²) in [6.07, 6.45) is 3.81. The fourth-order valence-electron chi connectivity index (χ4n) is 4.44. The van der Waals surface area contributed by atoms with Gasteiger partial charge < -0.3 is 15.8 Å². The van der Waals surface area contributed by atoms with E-state index < -0.39 is 0 Å². The Labute approximate surface area is 223 Å². The number of fused-ring (bicyclic) bond motifs is 2. The van der Waals surface area contributed by atoms with Crippen molar-refractivity contribution in [2.45, 2.75) is 13.3 Å². The molecule has 186 valence electrons. The molecule has 0 bridgehead atoms. The molecule has 38 heavy (non-hydrogen) atoms. The van der Waals surface area contributed by atoms with E-state index in [1.165, 1.54) is 17.7 Å². The minimum absolute atomic E-state index is 0.239. The molecule has 0 aliphatic carbocycles. The van der Waals surface area contributed by atoms with Gasteiger partial charge in [-0.05, 0) is 48.4 Å². The average Bonchev–Trinajstić information content (AvgIpc) is 3.38. The number of nitrogens with two attached hydrogens (primary N) is 1. The van der Waals surface area contributed by atoms with Crippen LogP contribution in [0.1, 0.15) is 27.2 Å². The van der Waals surface area contributed by atoms with E-state index in [9.17, 15) is 4.79 Å². The fraction of sp³-hybridized carbons (Fsp3) is 0.0667. The lowest BCUT2D eigenvalue weighted by atomic mass is 10.00. The molecule has 0 saturated heterocycles. The molecule has 1 amide bonds. The second-order valence-electron chi connectivity index (χ2n) is 8.89. The fourth-order valence-corrected chi connectivity index (χ4v) is 5.34. The number of nitrogens with one attached hydrogen (secondary N) is 1. The van der Waals surface area contributed by atoms with Gasteiger partial charge in [0.1, 0.15) is 23.6 Å². The SMILES string of the molecule is Cc1ccc2c(Cc3ccc(Oc4ccccc4)cc3)nccc2c1NC(=O)c1csc2c(N)ncnc12. The Bertz CT molecular complexity index is 1780. The van der Waals surface area contributed by atoms with E-state index in [1.54, 1.807) is 11.6 Å². The maximum absolute atomic E-state index is 13.3. The van der Waals surface area contributed by atoms with Crippen LogP contribution in [0.4, 0.5) is 11.5 Å². The third-order valence-corrected chi connectivity index (χ3v) is 7.37. The lowest BCUT2D eigenvalue weighted by Crippen LogP contribution is -2.13. The Kier molecular flexibility index (Phi) is 6.15. The maximum Gasteiger partial charge on any atom is 0.258 e. The molecule has 0 spiro atoms. The van der Waals surface area contributed by atoms with Gasteiger partial charge in [0.15, 0.2) is 0 Å². The molecule has 0 fully saturated rings. The van der Waals surface area contributed by atoms with Crippen molar-refractivity contribution in [1.29, 1.82) is 0 Å². The first kappa shape index (κ1) is 23.6. The second kappa shape index (κ2) is 9.91. The number of anilines is 2. The summed E-state index contributed by atoms with van der Waals surface area (Å²) < 4.78 is 6.62. The molecule has 0 aliphatic rings. The lowest BCUT2D eigenvalue weighted by Gasteiger charge is -2.14. The molecule has 0 aliphatic heterocycles. The van der Waals surface area contributed by atoms with E-state index in [1.807, 2.05) is 73.7 Å². The van der Waals surface area contributed by atoms with Crippen molar-refractivity contribution >= 4 is 49.7 Å². The summed E-state index contributed by atoms with van der Waals surface area (Å²) in [5.41, 5.74) is 10.7. The second-order valence-corrected chi connectivity index (χ2v) is 9.77. The molecule has 0 saturated carbocycles. The lowest BCUT2D eigenvalue weighted by molar-refractivity contribution is 0.102. The zero-order valence-electron chi connectivity index (χ0n) is 20.5. The molecular formula is C30H23N5O2S. The van der Waals surface area contributed by atoms with Gasteiger partial charge in [-0.2, -0.15) is 0 Å². The van der Waals surface area contributed by atoms with Crippen molar-refractivity contribution in [2.24, 2.45) is 0 Å². The van der Waals surface area contributed by atoms with Crippen LogP contribution >= 0.6 is 11.3 Å². The third-order valence-electron chi connectivity index (χ3n) is 6.37. The summed E-state index contributed by atoms with van der Waals surface area (Å²) in [5.74, 6) is 1.71. The number of thiophene rings is 1. The van der Waals surface area contributed by atoms with Gasteiger partial charge in [0.2, 0.25) is 0 Å². The van der Waals surface area contributed by atoms with Crippen LogP contribution in [-0.4, -0.2) is 20.9 Å². The van der Waals surface area contributed by atoms with Gasteiger partial charge >= 0.3 is 0 Å². The van der Waals surface area contributed by atoms with Crippen LogP contribution in [0.2, 0.25) is 0 Å². The molecule has 3 N–H and O–H groups in total. The molecule has 6 aromatic rings. The van der Waals surface area contributed by atoms with E-state index in [4.69, 9.17) is 10.5 Å². The Balaban J connectivity index is 1.28. The van der Waals surface area contributed by atoms with E-state index in [2.05, 4.69) is 26.3 Å². The maximum atomic E-state index is 13.3. The summed E-state index contributed by atoms with van der Waals surface area (Å²) >= 11 is 1.36. The average molecular weight is 518 g/mol. The van der Waals surface area contributed by atoms with Crippen LogP contribution in [0, 0.1) is 6.92 Å². The molecule has 3 heterocycles. The number of nitrogens with zero attached hydrogens (tertiary/aromatic N) is 3. The van der Waals surface area contributed by atoms with Crippen LogP contribution in [0.3, 0.4) is 0 Å². The molecule has 0 atom stereocenters. The first-order valence-electron chi connectivity index (χ1n) is 12.0. The van der Waals surface area contributed by atoms with Crippen LogP contribution in [0.15, 0.2) is 90.7 Å². The number of aromatic nitrogens is 3. The Hall–Kier alpha value is -4.82. The van der Waals surface area contributed by atoms with Crippen molar-refractivity contribution in [1.82, 2.24) is 15.0 Å². The highest BCUT2D eigenvalue weighted by Crippen LogP contribution is 2.32. The predicted octanol–water partition coefficient (Wildman–Crippen LogP) is 6.77. The highest BCUT2D eigenvalue weighted by atomic mass is 32.1. The number of aryl methyl sites for hydroxylation is 1. The van der Waals surface area contributed by atoms with Crippen LogP contribution < -0.4 is 15.8 Å². The number of pyridine rings is 1. The molecule has 3 aromatic heterocycles. The van der Waals surface area contributed by atoms with Gasteiger partial charge in [0.25, 0.3) is 5.91 Å². The Morgan fingerprint density at radius 1 is 0.921 bits per heavy atom. The number of carbonyl (C=O) groups is 1. The standard InChI is InChI=1S/C30H23N5O2S/c1-18-7-12-22-23(26(18)35-30(36)24-16-38-28-27(24)33-17-34-29(28)31)13-14-32-25(22)15-19-8-10-21(11-9-19)37-20-5-3-2-4-6-20/h2-14,16-17H,15H2,1H3,(H,35,36)(H2,31,33,34). The zero-order chi connectivity index (χ0) is 26.1. The topological polar surface area (TPSA) is 103 Å². The summed E-state index contributed by atoms with van der Waals surface area (Å²) in [7, 11) is 0. The quantitative estimate of drug-likeness (QED) is 0.253. The molecular weight excluding hydrogens is 494 g/mol. The highest BCUT2D eigenvalue weighted by molar-refractivity contribution is 7.18. The number of amides is 1. The van der Waals surface area contributed by atoms with Gasteiger partial charge in [0, 0.05) is 28.8 Å². The monoisotopic (exact) mass is 517 g/mol. The van der Waals surface area contributed by atoms with Crippen molar-refractivity contribution in [3.05, 3.63) is 113 Å². The first-order valence-corrected chi connectivity index (χ1v) is 12.9. The van der Waals surface area contributed by atoms with Crippen LogP contribution in [-0.2, 0) is 6.42 Å². The van der Waals surface area contributed by atoms with E-state index in [-0.39, 0.29) is 5.91 Å². The van der Waals surface area contributed by atoms with Crippen molar-refractivity contribution in [2.75, 3.05) is 11.1 Å². The molecule has 8 heteroatoms. The minimum atomic E-state index is -0.239. The number of carbonyl (C=O) groups excluding carboxylic acids is 1. The normalized spacial score (nSPS) is 11.1. The van der Waals surface area contributed by atoms with Gasteiger partial charge in [-0.25, -0.2) is 9.97 Å². The third kappa shape index (κ3) is 4.53. The van der Waals surface area contributed by atoms with Crippen molar-refractivity contribution < 1.29 is 9.53 Å². The van der Waals surface area contributed by atoms with Gasteiger partial charge in [-0.15, -0.1) is 11.3 Å². The number of para-hydroxylation sites is 1. The largest absolute Gasteiger partial charge is 0.457 e. The number of rotatable bonds is 6. The smallest absolute Gasteiger partial charge is 0.258 e. The number of ether oxygens (including phenoxy) is 1. The summed E-state index contributed by atoms with van der Waals surface area (Å²) in [4.78, 5) is 26.3. The Morgan fingerprint density at radius 3 is 2.53 bits per heavy atom. The summed E-state index contributed by atoms with van der Waals surface area (Å²) in [5, 5.41) is 6.80. The number of nitrogen functional groups attached to an aromatic ring is 1. The van der Waals surface area contributed by atoms with Crippen LogP contribution in [0.25, 0.3) is 21.0 Å². The summed E-state index contributed by atoms with van der Waals surface area (Å²) in [6.45, 7) is 1.98. The zero-order valence-corrected chi connectivity index (χ0v) is 21.3. The summed E-state index contributed by atoms with van der Waals surface area (Å²) in [6, 6.07) is 23.7. The number of hydrogen-bond donors (Lipinski definition) is 2.